The van der Waals surface area contributed by atoms with E-state index in [1.165, 1.54) is 39.0 Å². The Kier molecular flexibility index (Phi) is 5.63. The Bertz CT molecular complexity index is 1470. The summed E-state index contributed by atoms with van der Waals surface area (Å²) in [5.74, 6) is 0.826. The van der Waals surface area contributed by atoms with Crippen LogP contribution in [-0.2, 0) is 13.5 Å². The zero-order chi connectivity index (χ0) is 22.1. The molecule has 0 saturated carbocycles. The third kappa shape index (κ3) is 3.87. The lowest BCUT2D eigenvalue weighted by Crippen LogP contribution is -2.21. The number of halogens is 1. The van der Waals surface area contributed by atoms with Gasteiger partial charge in [-0.1, -0.05) is 60.7 Å². The van der Waals surface area contributed by atoms with Gasteiger partial charge in [0.05, 0.1) is 5.69 Å². The summed E-state index contributed by atoms with van der Waals surface area (Å²) in [7, 11) is 1.92. The summed E-state index contributed by atoms with van der Waals surface area (Å²) in [6.45, 7) is 0. The van der Waals surface area contributed by atoms with E-state index in [2.05, 4.69) is 61.4 Å². The van der Waals surface area contributed by atoms with Gasteiger partial charge in [-0.3, -0.25) is 9.36 Å². The first-order chi connectivity index (χ1) is 15.6. The van der Waals surface area contributed by atoms with Crippen LogP contribution in [0.25, 0.3) is 16.5 Å². The van der Waals surface area contributed by atoms with Crippen LogP contribution in [0.3, 0.4) is 0 Å². The van der Waals surface area contributed by atoms with E-state index in [-0.39, 0.29) is 5.56 Å². The van der Waals surface area contributed by atoms with E-state index in [4.69, 9.17) is 0 Å². The highest BCUT2D eigenvalue weighted by molar-refractivity contribution is 9.10. The summed E-state index contributed by atoms with van der Waals surface area (Å²) in [6.07, 6.45) is 2.17. The molecular weight excluding hydrogens is 486 g/mol. The summed E-state index contributed by atoms with van der Waals surface area (Å²) in [4.78, 5) is 18.0. The van der Waals surface area contributed by atoms with E-state index >= 15 is 0 Å². The molecule has 0 bridgehead atoms. The number of rotatable bonds is 5. The molecule has 0 saturated heterocycles. The highest BCUT2D eigenvalue weighted by Crippen LogP contribution is 2.29. The van der Waals surface area contributed by atoms with Crippen LogP contribution in [0.5, 0.6) is 0 Å². The summed E-state index contributed by atoms with van der Waals surface area (Å²) < 4.78 is 3.94. The maximum Gasteiger partial charge on any atom is 0.273 e. The molecule has 3 aromatic carbocycles. The molecular formula is C24H18BrN5OS. The van der Waals surface area contributed by atoms with Gasteiger partial charge in [0.25, 0.3) is 5.56 Å². The Balaban J connectivity index is 1.48. The van der Waals surface area contributed by atoms with Crippen molar-refractivity contribution in [3.63, 3.8) is 0 Å². The maximum atomic E-state index is 13.2. The first-order valence-electron chi connectivity index (χ1n) is 9.97. The fourth-order valence-electron chi connectivity index (χ4n) is 3.57. The lowest BCUT2D eigenvalue weighted by molar-refractivity contribution is 0.748. The number of aromatic nitrogens is 5. The van der Waals surface area contributed by atoms with Crippen molar-refractivity contribution in [2.45, 2.75) is 16.5 Å². The molecule has 0 aliphatic rings. The van der Waals surface area contributed by atoms with Gasteiger partial charge in [0, 0.05) is 13.5 Å². The van der Waals surface area contributed by atoms with Crippen molar-refractivity contribution in [2.24, 2.45) is 7.05 Å². The topological polar surface area (TPSA) is 65.6 Å². The number of benzene rings is 3. The SMILES string of the molecule is Cn1c(Cc2cccc3ccccc23)nnc1Sc1c(Br)ncn(-c2ccccc2)c1=O. The standard InChI is InChI=1S/C24H18BrN5OS/c1-29-20(14-17-10-7-9-16-8-5-6-13-19(16)17)27-28-24(29)32-21-22(25)26-15-30(23(21)31)18-11-3-2-4-12-18/h2-13,15H,14H2,1H3. The molecule has 8 heteroatoms. The number of hydrogen-bond acceptors (Lipinski definition) is 5. The summed E-state index contributed by atoms with van der Waals surface area (Å²) in [6, 6.07) is 24.0. The minimum absolute atomic E-state index is 0.165. The summed E-state index contributed by atoms with van der Waals surface area (Å²) in [5.41, 5.74) is 1.78. The van der Waals surface area contributed by atoms with Gasteiger partial charge in [-0.05, 0) is 56.2 Å². The second-order valence-electron chi connectivity index (χ2n) is 7.25. The Morgan fingerprint density at radius 2 is 1.69 bits per heavy atom. The normalized spacial score (nSPS) is 11.2. The molecule has 2 aromatic heterocycles. The van der Waals surface area contributed by atoms with E-state index in [0.29, 0.717) is 21.1 Å². The highest BCUT2D eigenvalue weighted by Gasteiger charge is 2.18. The zero-order valence-corrected chi connectivity index (χ0v) is 19.5. The Morgan fingerprint density at radius 1 is 0.938 bits per heavy atom. The average Bonchev–Trinajstić information content (AvgIpc) is 3.16. The van der Waals surface area contributed by atoms with E-state index in [9.17, 15) is 4.79 Å². The van der Waals surface area contributed by atoms with E-state index < -0.39 is 0 Å². The van der Waals surface area contributed by atoms with Gasteiger partial charge in [-0.15, -0.1) is 10.2 Å². The van der Waals surface area contributed by atoms with Crippen LogP contribution in [-0.4, -0.2) is 24.3 Å². The third-order valence-electron chi connectivity index (χ3n) is 5.27. The second-order valence-corrected chi connectivity index (χ2v) is 8.98. The molecule has 0 fully saturated rings. The molecule has 6 nitrogen and oxygen atoms in total. The molecule has 0 spiro atoms. The Morgan fingerprint density at radius 3 is 2.53 bits per heavy atom. The quantitative estimate of drug-likeness (QED) is 0.315. The Labute approximate surface area is 197 Å². The minimum Gasteiger partial charge on any atom is -0.309 e. The number of fused-ring (bicyclic) bond motifs is 1. The van der Waals surface area contributed by atoms with Gasteiger partial charge in [0.2, 0.25) is 0 Å². The van der Waals surface area contributed by atoms with Crippen LogP contribution < -0.4 is 5.56 Å². The second kappa shape index (κ2) is 8.72. The van der Waals surface area contributed by atoms with Crippen molar-refractivity contribution in [1.29, 1.82) is 0 Å². The fraction of sp³-hybridized carbons (Fsp3) is 0.0833. The average molecular weight is 504 g/mol. The summed E-state index contributed by atoms with van der Waals surface area (Å²) >= 11 is 4.68. The molecule has 5 aromatic rings. The minimum atomic E-state index is -0.165. The van der Waals surface area contributed by atoms with Crippen LogP contribution in [0.2, 0.25) is 0 Å². The van der Waals surface area contributed by atoms with Gasteiger partial charge >= 0.3 is 0 Å². The number of para-hydroxylation sites is 1. The van der Waals surface area contributed by atoms with Crippen molar-refractivity contribution in [3.05, 3.63) is 105 Å². The van der Waals surface area contributed by atoms with Gasteiger partial charge in [-0.25, -0.2) is 4.98 Å². The van der Waals surface area contributed by atoms with Crippen LogP contribution in [0.1, 0.15) is 11.4 Å². The molecule has 0 amide bonds. The van der Waals surface area contributed by atoms with Crippen molar-refractivity contribution < 1.29 is 0 Å². The molecule has 0 unspecified atom stereocenters. The van der Waals surface area contributed by atoms with Crippen LogP contribution >= 0.6 is 27.7 Å². The van der Waals surface area contributed by atoms with Crippen LogP contribution in [0.4, 0.5) is 0 Å². The van der Waals surface area contributed by atoms with Gasteiger partial charge < -0.3 is 4.57 Å². The van der Waals surface area contributed by atoms with Crippen LogP contribution in [0.15, 0.2) is 98.6 Å². The molecule has 0 aliphatic heterocycles. The maximum absolute atomic E-state index is 13.2. The molecule has 0 N–H and O–H groups in total. The lowest BCUT2D eigenvalue weighted by Gasteiger charge is -2.09. The van der Waals surface area contributed by atoms with E-state index in [0.717, 1.165) is 11.5 Å². The van der Waals surface area contributed by atoms with Crippen molar-refractivity contribution in [3.8, 4) is 5.69 Å². The predicted octanol–water partition coefficient (Wildman–Crippen LogP) is 5.02. The monoisotopic (exact) mass is 503 g/mol. The van der Waals surface area contributed by atoms with Crippen molar-refractivity contribution in [2.75, 3.05) is 0 Å². The first kappa shape index (κ1) is 20.7. The molecule has 0 aliphatic carbocycles. The summed E-state index contributed by atoms with van der Waals surface area (Å²) in [5, 5.41) is 11.8. The predicted molar refractivity (Wildman–Crippen MR) is 129 cm³/mol. The highest BCUT2D eigenvalue weighted by atomic mass is 79.9. The Hall–Kier alpha value is -3.23. The first-order valence-corrected chi connectivity index (χ1v) is 11.6. The van der Waals surface area contributed by atoms with Crippen molar-refractivity contribution in [1.82, 2.24) is 24.3 Å². The zero-order valence-electron chi connectivity index (χ0n) is 17.1. The smallest absolute Gasteiger partial charge is 0.273 e. The molecule has 158 valence electrons. The molecule has 32 heavy (non-hydrogen) atoms. The fourth-order valence-corrected chi connectivity index (χ4v) is 4.90. The molecule has 5 rings (SSSR count). The lowest BCUT2D eigenvalue weighted by atomic mass is 10.0. The van der Waals surface area contributed by atoms with Crippen LogP contribution in [0, 0.1) is 0 Å². The largest absolute Gasteiger partial charge is 0.309 e. The van der Waals surface area contributed by atoms with Crippen molar-refractivity contribution >= 4 is 38.5 Å². The third-order valence-corrected chi connectivity index (χ3v) is 7.24. The van der Waals surface area contributed by atoms with Gasteiger partial charge in [-0.2, -0.15) is 0 Å². The van der Waals surface area contributed by atoms with E-state index in [1.807, 2.05) is 54.1 Å². The molecule has 2 heterocycles. The number of nitrogens with zero attached hydrogens (tertiary/aromatic N) is 5. The van der Waals surface area contributed by atoms with E-state index in [1.54, 1.807) is 0 Å². The molecule has 0 atom stereocenters. The van der Waals surface area contributed by atoms with Gasteiger partial charge in [0.15, 0.2) is 5.16 Å². The molecule has 0 radical (unpaired) electrons. The number of hydrogen-bond donors (Lipinski definition) is 0. The van der Waals surface area contributed by atoms with Gasteiger partial charge in [0.1, 0.15) is 21.7 Å².